The summed E-state index contributed by atoms with van der Waals surface area (Å²) in [6, 6.07) is 46.8. The molecule has 80 heavy (non-hydrogen) atoms. The molecule has 0 radical (unpaired) electrons. The number of aromatic hydroxyl groups is 2. The third-order valence-corrected chi connectivity index (χ3v) is 18.8. The molecule has 0 amide bonds. The fourth-order valence-corrected chi connectivity index (χ4v) is 12.4. The lowest BCUT2D eigenvalue weighted by molar-refractivity contribution is 0.350. The molecular formula is C60H52O16S4. The van der Waals surface area contributed by atoms with E-state index in [0.29, 0.717) is 34.5 Å². The maximum absolute atomic E-state index is 13.3. The zero-order chi connectivity index (χ0) is 56.6. The first-order chi connectivity index (χ1) is 38.5. The van der Waals surface area contributed by atoms with Crippen LogP contribution in [0.3, 0.4) is 0 Å². The molecule has 0 unspecified atom stereocenters. The summed E-state index contributed by atoms with van der Waals surface area (Å²) in [4.78, 5) is 0.650. The second-order valence-electron chi connectivity index (χ2n) is 17.1. The predicted octanol–water partition coefficient (Wildman–Crippen LogP) is 10.5. The summed E-state index contributed by atoms with van der Waals surface area (Å²) in [6.45, 7) is 1.13. The van der Waals surface area contributed by atoms with Crippen LogP contribution in [0, 0.1) is 0 Å². The van der Waals surface area contributed by atoms with Gasteiger partial charge in [-0.15, -0.1) is 0 Å². The van der Waals surface area contributed by atoms with Crippen LogP contribution in [0.25, 0.3) is 0 Å². The van der Waals surface area contributed by atoms with Crippen molar-refractivity contribution < 1.29 is 72.3 Å². The molecule has 8 rings (SSSR count). The van der Waals surface area contributed by atoms with Crippen LogP contribution in [-0.4, -0.2) is 83.5 Å². The van der Waals surface area contributed by atoms with E-state index in [1.54, 1.807) is 109 Å². The van der Waals surface area contributed by atoms with E-state index < -0.39 is 39.3 Å². The number of rotatable bonds is 26. The van der Waals surface area contributed by atoms with Gasteiger partial charge in [0.1, 0.15) is 85.6 Å². The highest BCUT2D eigenvalue weighted by Crippen LogP contribution is 2.29. The maximum Gasteiger partial charge on any atom is 0.206 e. The standard InChI is InChI=1S/C60H52O16S4/c61-45-7-23-53(24-8-45)77(63,64)55-27-11-47(12-28-55)71-39-1-3-41-73-49-15-31-57(32-16-49)79(67,68)59-35-19-51(20-36-59)75-43-5-6-44-76-52-21-37-60(38-22-52)80(69,70)58-33-17-50(18-34-58)74-42-4-2-40-72-48-13-29-56(30-14-48)78(65,66)54-25-9-46(62)10-26-54/h1-38,61-62H,39-44H2/b3-1+,4-2+,6-5-. The average Bonchev–Trinajstić information content (AvgIpc) is 3.48. The van der Waals surface area contributed by atoms with Gasteiger partial charge in [0, 0.05) is 0 Å². The summed E-state index contributed by atoms with van der Waals surface area (Å²) in [6.07, 6.45) is 10.4. The summed E-state index contributed by atoms with van der Waals surface area (Å²) in [7, 11) is -15.2. The van der Waals surface area contributed by atoms with Crippen molar-refractivity contribution in [3.63, 3.8) is 0 Å². The van der Waals surface area contributed by atoms with E-state index in [9.17, 15) is 43.9 Å². The molecule has 8 aromatic carbocycles. The minimum absolute atomic E-state index is 0.0294. The van der Waals surface area contributed by atoms with Gasteiger partial charge in [-0.1, -0.05) is 0 Å². The Balaban J connectivity index is 0.696. The zero-order valence-electron chi connectivity index (χ0n) is 42.4. The van der Waals surface area contributed by atoms with Gasteiger partial charge in [0.2, 0.25) is 39.3 Å². The van der Waals surface area contributed by atoms with Crippen molar-refractivity contribution in [3.8, 4) is 46.0 Å². The molecule has 8 aromatic rings. The number of phenolic OH excluding ortho intramolecular Hbond substituents is 2. The lowest BCUT2D eigenvalue weighted by Crippen LogP contribution is -2.03. The van der Waals surface area contributed by atoms with Gasteiger partial charge in [0.25, 0.3) is 0 Å². The quantitative estimate of drug-likeness (QED) is 0.0480. The lowest BCUT2D eigenvalue weighted by atomic mass is 10.3. The molecule has 0 aliphatic carbocycles. The SMILES string of the molecule is O=S(=O)(c1ccc(O)cc1)c1ccc(OC/C=C/COc2ccc(S(=O)(=O)c3ccc(OC/C=C\COc4ccc(S(=O)(=O)c5ccc(OC/C=C/COc6ccc(S(=O)(=O)c7ccc(O)cc7)cc6)cc5)cc4)cc3)cc2)cc1. The Hall–Kier alpha value is -8.82. The highest BCUT2D eigenvalue weighted by molar-refractivity contribution is 7.92. The highest BCUT2D eigenvalue weighted by atomic mass is 32.2. The molecule has 0 heterocycles. The summed E-state index contributed by atoms with van der Waals surface area (Å²) >= 11 is 0. The van der Waals surface area contributed by atoms with Gasteiger partial charge in [0.15, 0.2) is 0 Å². The number of benzene rings is 8. The van der Waals surface area contributed by atoms with Gasteiger partial charge in [-0.25, -0.2) is 33.7 Å². The van der Waals surface area contributed by atoms with E-state index in [4.69, 9.17) is 28.4 Å². The first-order valence-electron chi connectivity index (χ1n) is 24.4. The first-order valence-corrected chi connectivity index (χ1v) is 30.3. The van der Waals surface area contributed by atoms with E-state index in [1.165, 1.54) is 121 Å². The molecule has 0 spiro atoms. The molecular weight excluding hydrogens is 1100 g/mol. The Morgan fingerprint density at radius 3 is 0.487 bits per heavy atom. The molecule has 0 saturated carbocycles. The molecule has 20 heteroatoms. The molecule has 2 N–H and O–H groups in total. The van der Waals surface area contributed by atoms with Crippen molar-refractivity contribution >= 4 is 39.3 Å². The molecule has 0 aliphatic rings. The van der Waals surface area contributed by atoms with E-state index in [2.05, 4.69) is 0 Å². The smallest absolute Gasteiger partial charge is 0.206 e. The van der Waals surface area contributed by atoms with Crippen molar-refractivity contribution in [2.75, 3.05) is 39.6 Å². The van der Waals surface area contributed by atoms with Crippen LogP contribution in [0.4, 0.5) is 0 Å². The molecule has 0 saturated heterocycles. The van der Waals surface area contributed by atoms with Gasteiger partial charge in [-0.3, -0.25) is 0 Å². The third-order valence-electron chi connectivity index (χ3n) is 11.7. The van der Waals surface area contributed by atoms with Gasteiger partial charge in [-0.2, -0.15) is 0 Å². The van der Waals surface area contributed by atoms with Crippen molar-refractivity contribution in [3.05, 3.63) is 231 Å². The average molecular weight is 1160 g/mol. The largest absolute Gasteiger partial charge is 0.508 e. The van der Waals surface area contributed by atoms with Crippen LogP contribution >= 0.6 is 0 Å². The van der Waals surface area contributed by atoms with Gasteiger partial charge in [0.05, 0.1) is 39.2 Å². The van der Waals surface area contributed by atoms with E-state index in [1.807, 2.05) is 0 Å². The summed E-state index contributed by atoms with van der Waals surface area (Å²) in [5.41, 5.74) is 0. The number of phenols is 2. The molecule has 0 fully saturated rings. The molecule has 16 nitrogen and oxygen atoms in total. The lowest BCUT2D eigenvalue weighted by Gasteiger charge is -2.09. The molecule has 412 valence electrons. The van der Waals surface area contributed by atoms with Crippen molar-refractivity contribution in [1.29, 1.82) is 0 Å². The minimum atomic E-state index is -3.83. The molecule has 0 atom stereocenters. The fourth-order valence-electron chi connectivity index (χ4n) is 7.36. The Morgan fingerprint density at radius 2 is 0.350 bits per heavy atom. The maximum atomic E-state index is 13.3. The zero-order valence-corrected chi connectivity index (χ0v) is 45.7. The minimum Gasteiger partial charge on any atom is -0.508 e. The Morgan fingerprint density at radius 1 is 0.225 bits per heavy atom. The molecule has 0 aromatic heterocycles. The monoisotopic (exact) mass is 1160 g/mol. The van der Waals surface area contributed by atoms with Crippen LogP contribution in [-0.2, 0) is 39.3 Å². The Bertz CT molecular complexity index is 3630. The summed E-state index contributed by atoms with van der Waals surface area (Å²) < 4.78 is 139. The van der Waals surface area contributed by atoms with Crippen LogP contribution in [0.15, 0.2) is 270 Å². The topological polar surface area (TPSA) is 232 Å². The second kappa shape index (κ2) is 26.2. The number of ether oxygens (including phenoxy) is 6. The number of hydrogen-bond donors (Lipinski definition) is 2. The van der Waals surface area contributed by atoms with Crippen molar-refractivity contribution in [2.24, 2.45) is 0 Å². The van der Waals surface area contributed by atoms with Crippen LogP contribution in [0.2, 0.25) is 0 Å². The van der Waals surface area contributed by atoms with Gasteiger partial charge >= 0.3 is 0 Å². The Kier molecular flexibility index (Phi) is 18.8. The van der Waals surface area contributed by atoms with Crippen LogP contribution in [0.1, 0.15) is 0 Å². The summed E-state index contributed by atoms with van der Waals surface area (Å²) in [5, 5.41) is 18.9. The van der Waals surface area contributed by atoms with E-state index in [0.717, 1.165) is 0 Å². The highest BCUT2D eigenvalue weighted by Gasteiger charge is 2.21. The summed E-state index contributed by atoms with van der Waals surface area (Å²) in [5.74, 6) is 2.70. The normalized spacial score (nSPS) is 12.2. The van der Waals surface area contributed by atoms with Gasteiger partial charge < -0.3 is 38.6 Å². The fraction of sp³-hybridized carbons (Fsp3) is 0.100. The van der Waals surface area contributed by atoms with Gasteiger partial charge in [-0.05, 0) is 231 Å². The number of sulfone groups is 4. The van der Waals surface area contributed by atoms with Crippen LogP contribution < -0.4 is 28.4 Å². The van der Waals surface area contributed by atoms with Crippen LogP contribution in [0.5, 0.6) is 46.0 Å². The third kappa shape index (κ3) is 15.0. The van der Waals surface area contributed by atoms with Crippen molar-refractivity contribution in [2.45, 2.75) is 39.2 Å². The number of hydrogen-bond acceptors (Lipinski definition) is 16. The first kappa shape index (κ1) is 57.4. The Labute approximate surface area is 464 Å². The van der Waals surface area contributed by atoms with E-state index in [-0.39, 0.29) is 90.3 Å². The molecule has 0 aliphatic heterocycles. The van der Waals surface area contributed by atoms with Crippen molar-refractivity contribution in [1.82, 2.24) is 0 Å². The molecule has 0 bridgehead atoms. The van der Waals surface area contributed by atoms with E-state index >= 15 is 0 Å². The predicted molar refractivity (Wildman–Crippen MR) is 297 cm³/mol. The second-order valence-corrected chi connectivity index (χ2v) is 24.9.